The lowest BCUT2D eigenvalue weighted by atomic mass is 9.80. The van der Waals surface area contributed by atoms with Crippen LogP contribution < -0.4 is 21.4 Å². The van der Waals surface area contributed by atoms with Crippen molar-refractivity contribution >= 4 is 41.6 Å². The fourth-order valence-corrected chi connectivity index (χ4v) is 8.05. The highest BCUT2D eigenvalue weighted by Gasteiger charge is 2.48. The lowest BCUT2D eigenvalue weighted by molar-refractivity contribution is -0.136. The monoisotopic (exact) mass is 402 g/mol. The second-order valence-corrected chi connectivity index (χ2v) is 10.1. The first-order chi connectivity index (χ1) is 13.4. The Morgan fingerprint density at radius 2 is 1.25 bits per heavy atom. The molecule has 0 aliphatic heterocycles. The smallest absolute Gasteiger partial charge is 0.481 e. The number of aliphatic carboxylic acids is 1. The van der Waals surface area contributed by atoms with Crippen molar-refractivity contribution in [3.8, 4) is 0 Å². The highest BCUT2D eigenvalue weighted by atomic mass is 31.2. The Bertz CT molecular complexity index is 907. The van der Waals surface area contributed by atoms with Crippen LogP contribution in [0.15, 0.2) is 84.9 Å². The maximum Gasteiger partial charge on any atom is 0.513 e. The molecule has 0 fully saturated rings. The summed E-state index contributed by atoms with van der Waals surface area (Å²) in [6.45, 7) is -5.25. The molecule has 28 heavy (non-hydrogen) atoms. The molecule has 0 spiro atoms. The van der Waals surface area contributed by atoms with Crippen molar-refractivity contribution < 1.29 is 22.8 Å². The van der Waals surface area contributed by atoms with Crippen LogP contribution in [0.3, 0.4) is 0 Å². The molecule has 0 unspecified atom stereocenters. The first kappa shape index (κ1) is 20.2. The minimum absolute atomic E-state index is 0.125. The van der Waals surface area contributed by atoms with E-state index in [4.69, 9.17) is 0 Å². The van der Waals surface area contributed by atoms with Gasteiger partial charge in [0.1, 0.15) is 17.9 Å². The Morgan fingerprint density at radius 3 is 1.71 bits per heavy atom. The standard InChI is InChI=1S/C21H19BF3O2P/c23-22(24,25)19-13-7-8-14-20(19)28(16-15-21(26)27,17-9-3-1-4-10-17)18-11-5-2-6-12-18/h1-14H,15-16H2,(H,26,27). The predicted molar refractivity (Wildman–Crippen MR) is 111 cm³/mol. The first-order valence-electron chi connectivity index (χ1n) is 8.86. The van der Waals surface area contributed by atoms with E-state index in [2.05, 4.69) is 0 Å². The van der Waals surface area contributed by atoms with Crippen molar-refractivity contribution in [2.75, 3.05) is 6.16 Å². The molecule has 2 nitrogen and oxygen atoms in total. The third-order valence-electron chi connectivity index (χ3n) is 4.76. The second-order valence-electron chi connectivity index (χ2n) is 6.48. The van der Waals surface area contributed by atoms with Crippen molar-refractivity contribution in [2.45, 2.75) is 6.42 Å². The van der Waals surface area contributed by atoms with Crippen LogP contribution in [0.2, 0.25) is 0 Å². The van der Waals surface area contributed by atoms with Crippen molar-refractivity contribution in [3.05, 3.63) is 84.9 Å². The number of halogens is 3. The Labute approximate surface area is 162 Å². The molecule has 0 amide bonds. The van der Waals surface area contributed by atoms with Crippen LogP contribution in [0.1, 0.15) is 6.42 Å². The van der Waals surface area contributed by atoms with E-state index >= 15 is 0 Å². The Morgan fingerprint density at radius 1 is 0.786 bits per heavy atom. The molecule has 0 bridgehead atoms. The van der Waals surface area contributed by atoms with Crippen molar-refractivity contribution in [3.63, 3.8) is 0 Å². The SMILES string of the molecule is O=C(O)CC[P+](c1ccccc1)(c1ccccc1)c1ccccc1[B-](F)(F)F. The molecule has 0 aliphatic carbocycles. The van der Waals surface area contributed by atoms with Crippen LogP contribution in [-0.4, -0.2) is 24.2 Å². The van der Waals surface area contributed by atoms with Gasteiger partial charge in [-0.1, -0.05) is 60.1 Å². The number of carboxylic acid groups (broad SMARTS) is 1. The number of hydrogen-bond donors (Lipinski definition) is 1. The summed E-state index contributed by atoms with van der Waals surface area (Å²) in [6, 6.07) is 23.6. The molecular formula is C21H19BF3O2P. The van der Waals surface area contributed by atoms with Gasteiger partial charge in [-0.25, -0.2) is 0 Å². The van der Waals surface area contributed by atoms with Crippen molar-refractivity contribution in [2.24, 2.45) is 0 Å². The summed E-state index contributed by atoms with van der Waals surface area (Å²) in [4.78, 5) is 11.4. The average Bonchev–Trinajstić information content (AvgIpc) is 2.69. The van der Waals surface area contributed by atoms with Crippen LogP contribution in [0.25, 0.3) is 0 Å². The van der Waals surface area contributed by atoms with Gasteiger partial charge in [0.25, 0.3) is 0 Å². The molecule has 1 N–H and O–H groups in total. The van der Waals surface area contributed by atoms with E-state index in [0.717, 1.165) is 16.7 Å². The summed E-state index contributed by atoms with van der Waals surface area (Å²) >= 11 is 0. The van der Waals surface area contributed by atoms with Crippen LogP contribution in [0.4, 0.5) is 12.9 Å². The lowest BCUT2D eigenvalue weighted by Crippen LogP contribution is -2.49. The van der Waals surface area contributed by atoms with Crippen LogP contribution in [0, 0.1) is 0 Å². The quantitative estimate of drug-likeness (QED) is 0.485. The largest absolute Gasteiger partial charge is 0.513 e. The van der Waals surface area contributed by atoms with Gasteiger partial charge in [0.2, 0.25) is 0 Å². The summed E-state index contributed by atoms with van der Waals surface area (Å²) in [7, 11) is -2.83. The number of hydrogen-bond acceptors (Lipinski definition) is 1. The fraction of sp³-hybridized carbons (Fsp3) is 0.0952. The molecule has 0 atom stereocenters. The molecule has 0 aromatic heterocycles. The third kappa shape index (κ3) is 3.97. The Hall–Kier alpha value is -2.59. The van der Waals surface area contributed by atoms with Gasteiger partial charge in [-0.3, -0.25) is 4.79 Å². The van der Waals surface area contributed by atoms with Gasteiger partial charge in [-0.15, -0.1) is 0 Å². The zero-order chi connectivity index (χ0) is 20.2. The zero-order valence-corrected chi connectivity index (χ0v) is 15.9. The molecule has 3 rings (SSSR count). The highest BCUT2D eigenvalue weighted by molar-refractivity contribution is 7.96. The van der Waals surface area contributed by atoms with E-state index in [1.165, 1.54) is 12.1 Å². The fourth-order valence-electron chi connectivity index (χ4n) is 3.55. The molecule has 144 valence electrons. The second kappa shape index (κ2) is 8.20. The average molecular weight is 402 g/mol. The van der Waals surface area contributed by atoms with Crippen molar-refractivity contribution in [1.29, 1.82) is 0 Å². The molecule has 0 aliphatic rings. The van der Waals surface area contributed by atoms with Crippen LogP contribution >= 0.6 is 7.26 Å². The van der Waals surface area contributed by atoms with Gasteiger partial charge in [0, 0.05) is 0 Å². The molecule has 0 saturated carbocycles. The summed E-state index contributed by atoms with van der Waals surface area (Å²) in [5, 5.41) is 11.0. The van der Waals surface area contributed by atoms with Gasteiger partial charge in [-0.2, -0.15) is 0 Å². The summed E-state index contributed by atoms with van der Waals surface area (Å²) in [5.74, 6) is -1.02. The minimum Gasteiger partial charge on any atom is -0.481 e. The van der Waals surface area contributed by atoms with Gasteiger partial charge in [0.15, 0.2) is 0 Å². The number of carboxylic acids is 1. The van der Waals surface area contributed by atoms with Crippen LogP contribution in [0.5, 0.6) is 0 Å². The van der Waals surface area contributed by atoms with Crippen molar-refractivity contribution in [1.82, 2.24) is 0 Å². The number of carbonyl (C=O) groups is 1. The number of benzene rings is 3. The first-order valence-corrected chi connectivity index (χ1v) is 10.8. The maximum atomic E-state index is 14.0. The van der Waals surface area contributed by atoms with E-state index in [-0.39, 0.29) is 17.9 Å². The highest BCUT2D eigenvalue weighted by Crippen LogP contribution is 2.55. The minimum atomic E-state index is -5.25. The van der Waals surface area contributed by atoms with Crippen LogP contribution in [-0.2, 0) is 4.79 Å². The molecule has 3 aromatic rings. The van der Waals surface area contributed by atoms with E-state index < -0.39 is 25.7 Å². The predicted octanol–water partition coefficient (Wildman–Crippen LogP) is 3.51. The lowest BCUT2D eigenvalue weighted by Gasteiger charge is -2.31. The van der Waals surface area contributed by atoms with E-state index in [1.54, 1.807) is 42.5 Å². The van der Waals surface area contributed by atoms with E-state index in [0.29, 0.717) is 0 Å². The molecule has 7 heteroatoms. The van der Waals surface area contributed by atoms with Gasteiger partial charge in [-0.05, 0) is 30.3 Å². The molecule has 0 radical (unpaired) electrons. The van der Waals surface area contributed by atoms with Gasteiger partial charge in [0.05, 0.1) is 17.9 Å². The summed E-state index contributed by atoms with van der Waals surface area (Å²) in [6.07, 6.45) is -0.0870. The van der Waals surface area contributed by atoms with E-state index in [9.17, 15) is 22.8 Å². The summed E-state index contributed by atoms with van der Waals surface area (Å²) in [5.41, 5.74) is -0.645. The maximum absolute atomic E-state index is 14.0. The van der Waals surface area contributed by atoms with Gasteiger partial charge < -0.3 is 18.1 Å². The molecule has 0 heterocycles. The Balaban J connectivity index is 2.39. The normalized spacial score (nSPS) is 12.0. The molecule has 0 saturated heterocycles. The Kier molecular flexibility index (Phi) is 5.90. The third-order valence-corrected chi connectivity index (χ3v) is 9.24. The summed E-state index contributed by atoms with van der Waals surface area (Å²) < 4.78 is 41.9. The topological polar surface area (TPSA) is 37.3 Å². The zero-order valence-electron chi connectivity index (χ0n) is 15.0. The van der Waals surface area contributed by atoms with E-state index in [1.807, 2.05) is 24.3 Å². The molecule has 3 aromatic carbocycles. The molecular weight excluding hydrogens is 383 g/mol. The number of rotatable bonds is 7. The van der Waals surface area contributed by atoms with Gasteiger partial charge >= 0.3 is 12.9 Å².